The molecule has 23 heavy (non-hydrogen) atoms. The van der Waals surface area contributed by atoms with Gasteiger partial charge in [0.15, 0.2) is 0 Å². The Balaban J connectivity index is 1.77. The summed E-state index contributed by atoms with van der Waals surface area (Å²) in [6.45, 7) is 1.63. The molecule has 1 aromatic rings. The zero-order valence-corrected chi connectivity index (χ0v) is 13.7. The van der Waals surface area contributed by atoms with E-state index in [1.54, 1.807) is 12.1 Å². The maximum absolute atomic E-state index is 12.1. The first-order valence-electron chi connectivity index (χ1n) is 8.29. The van der Waals surface area contributed by atoms with Gasteiger partial charge in [0.2, 0.25) is 5.91 Å². The molecule has 1 saturated carbocycles. The van der Waals surface area contributed by atoms with Crippen molar-refractivity contribution in [2.24, 2.45) is 11.8 Å². The summed E-state index contributed by atoms with van der Waals surface area (Å²) in [4.78, 5) is 12.1. The Hall–Kier alpha value is -1.65. The zero-order chi connectivity index (χ0) is 16.8. The van der Waals surface area contributed by atoms with E-state index < -0.39 is 6.61 Å². The molecule has 0 saturated heterocycles. The Morgan fingerprint density at radius 2 is 1.96 bits per heavy atom. The average Bonchev–Trinajstić information content (AvgIpc) is 2.51. The smallest absolute Gasteiger partial charge is 0.387 e. The van der Waals surface area contributed by atoms with Crippen molar-refractivity contribution < 1.29 is 18.3 Å². The molecule has 3 unspecified atom stereocenters. The lowest BCUT2D eigenvalue weighted by Crippen LogP contribution is -2.43. The summed E-state index contributed by atoms with van der Waals surface area (Å²) in [6, 6.07) is 6.72. The first-order chi connectivity index (χ1) is 11.0. The van der Waals surface area contributed by atoms with E-state index in [9.17, 15) is 13.6 Å². The van der Waals surface area contributed by atoms with Crippen LogP contribution >= 0.6 is 0 Å². The lowest BCUT2D eigenvalue weighted by atomic mass is 9.78. The molecule has 1 aliphatic carbocycles. The molecule has 3 nitrogen and oxygen atoms in total. The highest BCUT2D eigenvalue weighted by atomic mass is 19.3. The minimum Gasteiger partial charge on any atom is -0.435 e. The van der Waals surface area contributed by atoms with Crippen LogP contribution in [0, 0.1) is 11.8 Å². The summed E-state index contributed by atoms with van der Waals surface area (Å²) in [6.07, 6.45) is 4.46. The number of ether oxygens (including phenoxy) is 1. The van der Waals surface area contributed by atoms with Crippen molar-refractivity contribution in [1.82, 2.24) is 5.32 Å². The molecule has 0 radical (unpaired) electrons. The van der Waals surface area contributed by atoms with Gasteiger partial charge in [-0.3, -0.25) is 4.79 Å². The van der Waals surface area contributed by atoms with Gasteiger partial charge in [-0.25, -0.2) is 0 Å². The Morgan fingerprint density at radius 3 is 2.61 bits per heavy atom. The van der Waals surface area contributed by atoms with E-state index in [2.05, 4.69) is 23.9 Å². The Labute approximate surface area is 136 Å². The zero-order valence-electron chi connectivity index (χ0n) is 13.7. The lowest BCUT2D eigenvalue weighted by Gasteiger charge is -2.34. The van der Waals surface area contributed by atoms with Crippen molar-refractivity contribution in [2.45, 2.75) is 58.6 Å². The van der Waals surface area contributed by atoms with Gasteiger partial charge in [-0.2, -0.15) is 8.78 Å². The highest BCUT2D eigenvalue weighted by Crippen LogP contribution is 2.29. The van der Waals surface area contributed by atoms with E-state index >= 15 is 0 Å². The first-order valence-corrected chi connectivity index (χ1v) is 8.29. The summed E-state index contributed by atoms with van der Waals surface area (Å²) in [5.41, 5.74) is 0.937. The van der Waals surface area contributed by atoms with Gasteiger partial charge < -0.3 is 10.1 Å². The minimum absolute atomic E-state index is 0.0591. The van der Waals surface area contributed by atoms with Crippen LogP contribution in [0.3, 0.4) is 0 Å². The highest BCUT2D eigenvalue weighted by molar-refractivity contribution is 5.76. The fourth-order valence-electron chi connectivity index (χ4n) is 3.16. The Kier molecular flexibility index (Phi) is 6.37. The number of aryl methyl sites for hydroxylation is 1. The average molecular weight is 325 g/mol. The number of amides is 1. The third-order valence-electron chi connectivity index (χ3n) is 4.84. The Bertz CT molecular complexity index is 504. The van der Waals surface area contributed by atoms with Gasteiger partial charge in [0.05, 0.1) is 0 Å². The number of benzene rings is 1. The van der Waals surface area contributed by atoms with Crippen LogP contribution in [0.5, 0.6) is 5.75 Å². The summed E-state index contributed by atoms with van der Waals surface area (Å²) in [7, 11) is 0. The molecule has 1 amide bonds. The number of rotatable bonds is 6. The van der Waals surface area contributed by atoms with E-state index in [4.69, 9.17) is 0 Å². The van der Waals surface area contributed by atoms with Crippen LogP contribution in [-0.2, 0) is 11.2 Å². The fraction of sp³-hybridized carbons (Fsp3) is 0.611. The maximum Gasteiger partial charge on any atom is 0.387 e. The van der Waals surface area contributed by atoms with Crippen molar-refractivity contribution in [3.05, 3.63) is 29.8 Å². The SMILES string of the molecule is CC1CCCC(NC(=O)CCc2ccc(OC(F)F)cc2)C1C. The van der Waals surface area contributed by atoms with Crippen LogP contribution in [0.4, 0.5) is 8.78 Å². The molecule has 1 fully saturated rings. The number of hydrogen-bond donors (Lipinski definition) is 1. The normalized spacial score (nSPS) is 24.5. The molecule has 0 bridgehead atoms. The molecule has 128 valence electrons. The van der Waals surface area contributed by atoms with E-state index in [1.165, 1.54) is 25.0 Å². The largest absolute Gasteiger partial charge is 0.435 e. The predicted molar refractivity (Wildman–Crippen MR) is 85.5 cm³/mol. The molecule has 1 aromatic carbocycles. The molecule has 3 atom stereocenters. The van der Waals surface area contributed by atoms with E-state index in [0.29, 0.717) is 24.7 Å². The summed E-state index contributed by atoms with van der Waals surface area (Å²) < 4.78 is 28.5. The van der Waals surface area contributed by atoms with Crippen LogP contribution in [0.15, 0.2) is 24.3 Å². The van der Waals surface area contributed by atoms with E-state index in [0.717, 1.165) is 12.0 Å². The van der Waals surface area contributed by atoms with Crippen LogP contribution < -0.4 is 10.1 Å². The molecule has 1 N–H and O–H groups in total. The van der Waals surface area contributed by atoms with Gasteiger partial charge in [-0.1, -0.05) is 38.8 Å². The van der Waals surface area contributed by atoms with E-state index in [-0.39, 0.29) is 17.7 Å². The second kappa shape index (κ2) is 8.27. The van der Waals surface area contributed by atoms with E-state index in [1.807, 2.05) is 0 Å². The molecule has 0 spiro atoms. The fourth-order valence-corrected chi connectivity index (χ4v) is 3.16. The van der Waals surface area contributed by atoms with Gasteiger partial charge >= 0.3 is 6.61 Å². The van der Waals surface area contributed by atoms with Crippen molar-refractivity contribution in [3.63, 3.8) is 0 Å². The summed E-state index contributed by atoms with van der Waals surface area (Å²) in [5.74, 6) is 1.36. The predicted octanol–water partition coefficient (Wildman–Crippen LogP) is 4.16. The van der Waals surface area contributed by atoms with Gasteiger partial charge in [0, 0.05) is 12.5 Å². The molecule has 2 rings (SSSR count). The second-order valence-electron chi connectivity index (χ2n) is 6.46. The minimum atomic E-state index is -2.81. The molecular weight excluding hydrogens is 300 g/mol. The monoisotopic (exact) mass is 325 g/mol. The quantitative estimate of drug-likeness (QED) is 0.853. The molecule has 0 heterocycles. The van der Waals surface area contributed by atoms with Crippen LogP contribution in [0.2, 0.25) is 0 Å². The van der Waals surface area contributed by atoms with Crippen molar-refractivity contribution in [1.29, 1.82) is 0 Å². The lowest BCUT2D eigenvalue weighted by molar-refractivity contribution is -0.122. The maximum atomic E-state index is 12.1. The summed E-state index contributed by atoms with van der Waals surface area (Å²) >= 11 is 0. The van der Waals surface area contributed by atoms with Gasteiger partial charge in [0.1, 0.15) is 5.75 Å². The van der Waals surface area contributed by atoms with Gasteiger partial charge in [-0.05, 0) is 42.4 Å². The van der Waals surface area contributed by atoms with Crippen molar-refractivity contribution in [3.8, 4) is 5.75 Å². The topological polar surface area (TPSA) is 38.3 Å². The van der Waals surface area contributed by atoms with Crippen LogP contribution in [0.1, 0.15) is 45.1 Å². The number of alkyl halides is 2. The van der Waals surface area contributed by atoms with Gasteiger partial charge in [0.25, 0.3) is 0 Å². The third kappa shape index (κ3) is 5.48. The molecule has 0 aromatic heterocycles. The number of carbonyl (C=O) groups is 1. The summed E-state index contributed by atoms with van der Waals surface area (Å²) in [5, 5.41) is 3.14. The highest BCUT2D eigenvalue weighted by Gasteiger charge is 2.27. The molecule has 1 aliphatic rings. The second-order valence-corrected chi connectivity index (χ2v) is 6.46. The number of halogens is 2. The van der Waals surface area contributed by atoms with Gasteiger partial charge in [-0.15, -0.1) is 0 Å². The molecule has 0 aliphatic heterocycles. The third-order valence-corrected chi connectivity index (χ3v) is 4.84. The number of carbonyl (C=O) groups excluding carboxylic acids is 1. The first kappa shape index (κ1) is 17.7. The molecule has 5 heteroatoms. The standard InChI is InChI=1S/C18H25F2NO2/c1-12-4-3-5-16(13(12)2)21-17(22)11-8-14-6-9-15(10-7-14)23-18(19)20/h6-7,9-10,12-13,16,18H,3-5,8,11H2,1-2H3,(H,21,22). The van der Waals surface area contributed by atoms with Crippen molar-refractivity contribution >= 4 is 5.91 Å². The number of hydrogen-bond acceptors (Lipinski definition) is 2. The van der Waals surface area contributed by atoms with Crippen molar-refractivity contribution in [2.75, 3.05) is 0 Å². The number of nitrogens with one attached hydrogen (secondary N) is 1. The molecular formula is C18H25F2NO2. The Morgan fingerprint density at radius 1 is 1.26 bits per heavy atom. The van der Waals surface area contributed by atoms with Crippen LogP contribution in [-0.4, -0.2) is 18.6 Å². The van der Waals surface area contributed by atoms with Crippen LogP contribution in [0.25, 0.3) is 0 Å².